The third-order valence-corrected chi connectivity index (χ3v) is 18.3. The smallest absolute Gasteiger partial charge is 0.462 e. The van der Waals surface area contributed by atoms with Gasteiger partial charge in [-0.1, -0.05) is 290 Å². The zero-order valence-electron chi connectivity index (χ0n) is 64.0. The third kappa shape index (κ3) is 73.8. The van der Waals surface area contributed by atoms with E-state index in [2.05, 4.69) is 149 Å². The van der Waals surface area contributed by atoms with Gasteiger partial charge in [-0.15, -0.1) is 0 Å². The monoisotopic (exact) mass is 1470 g/mol. The Labute approximate surface area is 619 Å². The molecule has 0 amide bonds. The summed E-state index contributed by atoms with van der Waals surface area (Å²) in [6, 6.07) is 0. The maximum Gasteiger partial charge on any atom is 0.472 e. The molecule has 0 aliphatic rings. The molecule has 0 spiro atoms. The second kappa shape index (κ2) is 74.7. The van der Waals surface area contributed by atoms with E-state index in [4.69, 9.17) is 37.0 Å². The second-order valence-electron chi connectivity index (χ2n) is 26.2. The van der Waals surface area contributed by atoms with Crippen molar-refractivity contribution in [1.29, 1.82) is 0 Å². The van der Waals surface area contributed by atoms with Crippen molar-refractivity contribution in [3.63, 3.8) is 0 Å². The Morgan fingerprint density at radius 3 is 0.824 bits per heavy atom. The van der Waals surface area contributed by atoms with Crippen LogP contribution < -0.4 is 0 Å². The van der Waals surface area contributed by atoms with Crippen LogP contribution >= 0.6 is 15.6 Å². The van der Waals surface area contributed by atoms with E-state index in [0.717, 1.165) is 193 Å². The van der Waals surface area contributed by atoms with Crippen molar-refractivity contribution in [3.8, 4) is 0 Å². The predicted molar refractivity (Wildman–Crippen MR) is 418 cm³/mol. The Morgan fingerprint density at radius 2 is 0.529 bits per heavy atom. The van der Waals surface area contributed by atoms with Gasteiger partial charge in [0, 0.05) is 25.7 Å². The fourth-order valence-electron chi connectivity index (χ4n) is 10.4. The number of aliphatic hydroxyl groups excluding tert-OH is 1. The molecule has 586 valence electrons. The van der Waals surface area contributed by atoms with Gasteiger partial charge in [0.15, 0.2) is 12.2 Å². The van der Waals surface area contributed by atoms with Gasteiger partial charge in [-0.3, -0.25) is 37.3 Å². The summed E-state index contributed by atoms with van der Waals surface area (Å²) in [5, 5.41) is 10.6. The zero-order chi connectivity index (χ0) is 74.6. The summed E-state index contributed by atoms with van der Waals surface area (Å²) in [5.74, 6) is -2.22. The maximum atomic E-state index is 13.1. The van der Waals surface area contributed by atoms with Crippen molar-refractivity contribution < 1.29 is 80.2 Å². The van der Waals surface area contributed by atoms with E-state index in [1.54, 1.807) is 0 Å². The molecule has 102 heavy (non-hydrogen) atoms. The number of rotatable bonds is 74. The number of carbonyl (C=O) groups is 4. The number of aliphatic hydroxyl groups is 1. The lowest BCUT2D eigenvalue weighted by molar-refractivity contribution is -0.161. The van der Waals surface area contributed by atoms with Gasteiger partial charge in [0.2, 0.25) is 0 Å². The average molecular weight is 1470 g/mol. The highest BCUT2D eigenvalue weighted by molar-refractivity contribution is 7.47. The SMILES string of the molecule is CC/C=C\C/C=C\C/C=C\C/C=C\CCCCCCCCC(=O)OCC(COP(=O)(O)OCC(O)COP(=O)(O)OCC(COC(=O)CCCCCC/C=C\C/C=C\C/C=C\C/C=C\CC)OC(=O)CCCCCCC/C=C\C/C=C\CCC)OC(=O)CCCCCCCCCCCCCCC. The summed E-state index contributed by atoms with van der Waals surface area (Å²) < 4.78 is 68.6. The topological polar surface area (TPSA) is 237 Å². The molecule has 5 unspecified atom stereocenters. The first kappa shape index (κ1) is 97.5. The van der Waals surface area contributed by atoms with Crippen molar-refractivity contribution in [2.45, 2.75) is 341 Å². The van der Waals surface area contributed by atoms with E-state index < -0.39 is 97.5 Å². The second-order valence-corrected chi connectivity index (χ2v) is 29.2. The van der Waals surface area contributed by atoms with E-state index in [-0.39, 0.29) is 25.7 Å². The molecule has 3 N–H and O–H groups in total. The molecule has 0 radical (unpaired) electrons. The minimum atomic E-state index is -4.99. The Morgan fingerprint density at radius 1 is 0.284 bits per heavy atom. The summed E-state index contributed by atoms with van der Waals surface area (Å²) in [4.78, 5) is 73.0. The van der Waals surface area contributed by atoms with Gasteiger partial charge in [0.1, 0.15) is 19.3 Å². The number of esters is 4. The minimum absolute atomic E-state index is 0.0713. The number of unbranched alkanes of at least 4 members (excludes halogenated alkanes) is 28. The van der Waals surface area contributed by atoms with E-state index in [1.165, 1.54) is 51.4 Å². The third-order valence-electron chi connectivity index (χ3n) is 16.4. The Balaban J connectivity index is 5.36. The Bertz CT molecular complexity index is 2410. The van der Waals surface area contributed by atoms with Crippen LogP contribution in [-0.2, 0) is 65.4 Å². The molecule has 19 heteroatoms. The molecule has 17 nitrogen and oxygen atoms in total. The molecule has 0 bridgehead atoms. The van der Waals surface area contributed by atoms with Crippen molar-refractivity contribution in [3.05, 3.63) is 122 Å². The first-order valence-corrected chi connectivity index (χ1v) is 42.8. The molecular weight excluding hydrogens is 1330 g/mol. The first-order valence-electron chi connectivity index (χ1n) is 39.8. The molecule has 0 aliphatic heterocycles. The van der Waals surface area contributed by atoms with Crippen LogP contribution in [0.5, 0.6) is 0 Å². The zero-order valence-corrected chi connectivity index (χ0v) is 65.8. The van der Waals surface area contributed by atoms with Gasteiger partial charge in [-0.2, -0.15) is 0 Å². The predicted octanol–water partition coefficient (Wildman–Crippen LogP) is 23.1. The van der Waals surface area contributed by atoms with Crippen LogP contribution in [0.3, 0.4) is 0 Å². The van der Waals surface area contributed by atoms with Crippen molar-refractivity contribution in [2.75, 3.05) is 39.6 Å². The lowest BCUT2D eigenvalue weighted by Crippen LogP contribution is -2.30. The van der Waals surface area contributed by atoms with Crippen molar-refractivity contribution >= 4 is 39.5 Å². The van der Waals surface area contributed by atoms with E-state index in [0.29, 0.717) is 25.7 Å². The van der Waals surface area contributed by atoms with Crippen molar-refractivity contribution in [1.82, 2.24) is 0 Å². The van der Waals surface area contributed by atoms with Gasteiger partial charge in [0.25, 0.3) is 0 Å². The molecule has 0 saturated heterocycles. The molecule has 0 aromatic rings. The minimum Gasteiger partial charge on any atom is -0.462 e. The number of phosphoric acid groups is 2. The molecular formula is C83H142O17P2. The first-order chi connectivity index (χ1) is 49.7. The summed E-state index contributed by atoms with van der Waals surface area (Å²) >= 11 is 0. The highest BCUT2D eigenvalue weighted by atomic mass is 31.2. The number of hydrogen-bond donors (Lipinski definition) is 3. The lowest BCUT2D eigenvalue weighted by atomic mass is 10.0. The molecule has 0 fully saturated rings. The number of carbonyl (C=O) groups excluding carboxylic acids is 4. The van der Waals surface area contributed by atoms with Crippen LogP contribution in [0, 0.1) is 0 Å². The van der Waals surface area contributed by atoms with Crippen molar-refractivity contribution in [2.24, 2.45) is 0 Å². The number of hydrogen-bond acceptors (Lipinski definition) is 15. The van der Waals surface area contributed by atoms with Crippen LogP contribution in [0.2, 0.25) is 0 Å². The van der Waals surface area contributed by atoms with E-state index in [9.17, 15) is 43.2 Å². The molecule has 5 atom stereocenters. The van der Waals surface area contributed by atoms with E-state index in [1.807, 2.05) is 0 Å². The van der Waals surface area contributed by atoms with Gasteiger partial charge >= 0.3 is 39.5 Å². The average Bonchev–Trinajstić information content (AvgIpc) is 0.909. The number of phosphoric ester groups is 2. The molecule has 0 saturated carbocycles. The summed E-state index contributed by atoms with van der Waals surface area (Å²) in [6.07, 6.45) is 81.7. The highest BCUT2D eigenvalue weighted by Crippen LogP contribution is 2.45. The summed E-state index contributed by atoms with van der Waals surface area (Å²) in [7, 11) is -9.97. The standard InChI is InChI=1S/C83H142O17P2/c1-5-9-13-17-21-25-29-33-35-37-38-40-42-46-48-52-56-60-64-68-81(86)94-74-79(100-83(88)70-66-62-58-54-50-44-32-28-24-20-16-12-8-4)76-98-102(91,92)96-72-77(84)71-95-101(89,90)97-75-78(99-82(87)69-65-61-57-53-49-43-31-27-23-19-15-11-7-3)73-93-80(85)67-63-59-55-51-47-45-41-39-36-34-30-26-22-18-14-10-6-2/h9-10,13-15,19,21-22,25-27,31,33-36,38,40-41,45,77-79,84H,5-8,11-12,16-18,20,23-24,28-30,32,37,39,42-44,46-76H2,1-4H3,(H,89,90)(H,91,92)/b13-9-,14-10-,19-15-,25-21-,26-22-,31-27-,35-33-,36-34-,40-38-,45-41-. The van der Waals surface area contributed by atoms with Crippen LogP contribution in [0.15, 0.2) is 122 Å². The van der Waals surface area contributed by atoms with Crippen LogP contribution in [-0.4, -0.2) is 96.7 Å². The normalized spacial score (nSPS) is 14.5. The number of ether oxygens (including phenoxy) is 4. The molecule has 0 aliphatic carbocycles. The largest absolute Gasteiger partial charge is 0.472 e. The molecule has 0 aromatic carbocycles. The van der Waals surface area contributed by atoms with Crippen LogP contribution in [0.4, 0.5) is 0 Å². The fraction of sp³-hybridized carbons (Fsp3) is 0.711. The van der Waals surface area contributed by atoms with Gasteiger partial charge in [-0.25, -0.2) is 9.13 Å². The molecule has 0 heterocycles. The Hall–Kier alpha value is -4.54. The fourth-order valence-corrected chi connectivity index (χ4v) is 12.0. The summed E-state index contributed by atoms with van der Waals surface area (Å²) in [5.41, 5.74) is 0. The molecule has 0 rings (SSSR count). The maximum absolute atomic E-state index is 13.1. The van der Waals surface area contributed by atoms with Gasteiger partial charge in [0.05, 0.1) is 26.4 Å². The van der Waals surface area contributed by atoms with Crippen LogP contribution in [0.25, 0.3) is 0 Å². The lowest BCUT2D eigenvalue weighted by Gasteiger charge is -2.21. The Kier molecular flexibility index (Phi) is 71.4. The van der Waals surface area contributed by atoms with Gasteiger partial charge < -0.3 is 33.8 Å². The quantitative estimate of drug-likeness (QED) is 0.0169. The van der Waals surface area contributed by atoms with Gasteiger partial charge in [-0.05, 0) is 128 Å². The van der Waals surface area contributed by atoms with Crippen LogP contribution in [0.1, 0.15) is 323 Å². The summed E-state index contributed by atoms with van der Waals surface area (Å²) in [6.45, 7) is 4.55. The number of allylic oxidation sites excluding steroid dienone is 20. The van der Waals surface area contributed by atoms with E-state index >= 15 is 0 Å². The highest BCUT2D eigenvalue weighted by Gasteiger charge is 2.30. The molecule has 0 aromatic heterocycles.